The first-order chi connectivity index (χ1) is 17.2. The van der Waals surface area contributed by atoms with Crippen LogP contribution in [0.4, 0.5) is 0 Å². The predicted molar refractivity (Wildman–Crippen MR) is 148 cm³/mol. The van der Waals surface area contributed by atoms with Gasteiger partial charge in [0, 0.05) is 18.5 Å². The maximum atomic E-state index is 13.3. The molecular formula is C29H39N3O3S. The normalized spacial score (nSPS) is 15.0. The van der Waals surface area contributed by atoms with Crippen LogP contribution >= 0.6 is 12.6 Å². The Hall–Kier alpha value is -2.64. The molecule has 2 amide bonds. The maximum absolute atomic E-state index is 13.3. The molecule has 6 nitrogen and oxygen atoms in total. The molecule has 0 spiro atoms. The first-order valence-electron chi connectivity index (χ1n) is 12.9. The van der Waals surface area contributed by atoms with Gasteiger partial charge in [0.05, 0.1) is 6.04 Å². The summed E-state index contributed by atoms with van der Waals surface area (Å²) in [7, 11) is 2.15. The molecule has 194 valence electrons. The van der Waals surface area contributed by atoms with Crippen molar-refractivity contribution in [1.29, 1.82) is 0 Å². The topological polar surface area (TPSA) is 92.5 Å². The summed E-state index contributed by atoms with van der Waals surface area (Å²) in [5.41, 5.74) is 9.70. The minimum atomic E-state index is -0.886. The Morgan fingerprint density at radius 2 is 1.81 bits per heavy atom. The summed E-state index contributed by atoms with van der Waals surface area (Å²) in [6.45, 7) is 3.87. The molecule has 36 heavy (non-hydrogen) atoms. The van der Waals surface area contributed by atoms with Gasteiger partial charge in [-0.05, 0) is 73.7 Å². The van der Waals surface area contributed by atoms with Gasteiger partial charge in [0.2, 0.25) is 11.0 Å². The number of nitrogens with one attached hydrogen (secondary N) is 1. The highest BCUT2D eigenvalue weighted by molar-refractivity contribution is 7.96. The lowest BCUT2D eigenvalue weighted by Gasteiger charge is -2.25. The Morgan fingerprint density at radius 3 is 2.47 bits per heavy atom. The largest absolute Gasteiger partial charge is 0.370 e. The van der Waals surface area contributed by atoms with Crippen LogP contribution in [0.1, 0.15) is 72.9 Å². The number of hydrogen-bond donors (Lipinski definition) is 3. The molecular weight excluding hydrogens is 470 g/mol. The highest BCUT2D eigenvalue weighted by atomic mass is 32.1. The monoisotopic (exact) mass is 509 g/mol. The van der Waals surface area contributed by atoms with E-state index < -0.39 is 17.1 Å². The Labute approximate surface area is 220 Å². The first kappa shape index (κ1) is 27.9. The second-order valence-electron chi connectivity index (χ2n) is 10.1. The third-order valence-electron chi connectivity index (χ3n) is 7.14. The molecule has 0 unspecified atom stereocenters. The van der Waals surface area contributed by atoms with Gasteiger partial charge >= 0.3 is 0 Å². The molecule has 0 aliphatic heterocycles. The van der Waals surface area contributed by atoms with Gasteiger partial charge in [0.1, 0.15) is 0 Å². The fraction of sp³-hybridized carbons (Fsp3) is 0.483. The molecule has 0 heterocycles. The van der Waals surface area contributed by atoms with Crippen molar-refractivity contribution in [1.82, 2.24) is 10.2 Å². The van der Waals surface area contributed by atoms with Crippen molar-refractivity contribution in [2.75, 3.05) is 13.6 Å². The Balaban J connectivity index is 1.80. The second kappa shape index (κ2) is 13.6. The molecule has 0 bridgehead atoms. The zero-order chi connectivity index (χ0) is 26.1. The number of nitrogens with zero attached hydrogens (tertiary/aromatic N) is 1. The molecule has 0 radical (unpaired) electrons. The SMILES string of the molecule is Cc1ccccc1-c1cc(CN(C)CCC2CCCCC2)ccc1C(=O)N[C@@H](CCC(N)=O)C(=O)S. The number of primary amides is 1. The standard InChI is InChI=1S/C29H39N3O3S/c1-20-8-6-7-11-23(20)25-18-22(19-32(2)17-16-21-9-4-3-5-10-21)12-13-24(25)28(34)31-26(29(35)36)14-15-27(30)33/h6-8,11-13,18,21,26H,3-5,9-10,14-17,19H2,1-2H3,(H2,30,33)(H,31,34)(H,35,36)/t26-/m0/s1. The first-order valence-corrected chi connectivity index (χ1v) is 13.4. The molecule has 7 heteroatoms. The highest BCUT2D eigenvalue weighted by Gasteiger charge is 2.22. The average Bonchev–Trinajstić information content (AvgIpc) is 2.85. The van der Waals surface area contributed by atoms with E-state index in [2.05, 4.69) is 36.0 Å². The van der Waals surface area contributed by atoms with Gasteiger partial charge in [-0.25, -0.2) is 0 Å². The van der Waals surface area contributed by atoms with Crippen molar-refractivity contribution in [3.63, 3.8) is 0 Å². The number of benzene rings is 2. The number of amides is 2. The fourth-order valence-corrected chi connectivity index (χ4v) is 5.23. The molecule has 3 rings (SSSR count). The van der Waals surface area contributed by atoms with Crippen LogP contribution < -0.4 is 11.1 Å². The van der Waals surface area contributed by atoms with Gasteiger partial charge in [0.25, 0.3) is 5.91 Å². The van der Waals surface area contributed by atoms with Crippen LogP contribution in [0.15, 0.2) is 42.5 Å². The number of rotatable bonds is 12. The number of nitrogens with two attached hydrogens (primary N) is 1. The van der Waals surface area contributed by atoms with Crippen molar-refractivity contribution >= 4 is 29.6 Å². The molecule has 1 saturated carbocycles. The summed E-state index contributed by atoms with van der Waals surface area (Å²) in [5, 5.41) is 2.25. The third-order valence-corrected chi connectivity index (χ3v) is 7.45. The zero-order valence-corrected chi connectivity index (χ0v) is 22.4. The number of thiol groups is 1. The van der Waals surface area contributed by atoms with Gasteiger partial charge in [0.15, 0.2) is 0 Å². The van der Waals surface area contributed by atoms with Crippen molar-refractivity contribution in [2.24, 2.45) is 11.7 Å². The van der Waals surface area contributed by atoms with E-state index in [0.29, 0.717) is 5.56 Å². The van der Waals surface area contributed by atoms with E-state index >= 15 is 0 Å². The minimum absolute atomic E-state index is 0.00593. The number of aryl methyl sites for hydroxylation is 1. The quantitative estimate of drug-likeness (QED) is 0.356. The third kappa shape index (κ3) is 8.20. The Morgan fingerprint density at radius 1 is 1.08 bits per heavy atom. The van der Waals surface area contributed by atoms with E-state index in [9.17, 15) is 14.4 Å². The molecule has 2 aromatic carbocycles. The van der Waals surface area contributed by atoms with E-state index in [0.717, 1.165) is 41.3 Å². The van der Waals surface area contributed by atoms with Crippen molar-refractivity contribution in [3.05, 3.63) is 59.2 Å². The molecule has 0 aromatic heterocycles. The van der Waals surface area contributed by atoms with E-state index in [1.807, 2.05) is 43.3 Å². The van der Waals surface area contributed by atoms with Gasteiger partial charge in [-0.2, -0.15) is 0 Å². The van der Waals surface area contributed by atoms with Gasteiger partial charge in [-0.3, -0.25) is 14.4 Å². The van der Waals surface area contributed by atoms with Crippen LogP contribution in [-0.4, -0.2) is 41.5 Å². The number of carbonyl (C=O) groups is 3. The Kier molecular flexibility index (Phi) is 10.6. The molecule has 1 aliphatic carbocycles. The second-order valence-corrected chi connectivity index (χ2v) is 10.5. The summed E-state index contributed by atoms with van der Waals surface area (Å²) in [6.07, 6.45) is 8.14. The predicted octanol–water partition coefficient (Wildman–Crippen LogP) is 4.88. The van der Waals surface area contributed by atoms with Crippen LogP contribution in [0, 0.1) is 12.8 Å². The van der Waals surface area contributed by atoms with Crippen LogP contribution in [0.25, 0.3) is 11.1 Å². The van der Waals surface area contributed by atoms with E-state index in [4.69, 9.17) is 5.73 Å². The lowest BCUT2D eigenvalue weighted by Crippen LogP contribution is -2.40. The van der Waals surface area contributed by atoms with Crippen molar-refractivity contribution in [2.45, 2.75) is 70.9 Å². The molecule has 2 aromatic rings. The number of carbonyl (C=O) groups excluding carboxylic acids is 3. The lowest BCUT2D eigenvalue weighted by atomic mass is 9.87. The van der Waals surface area contributed by atoms with E-state index in [1.165, 1.54) is 38.5 Å². The summed E-state index contributed by atoms with van der Waals surface area (Å²) in [6, 6.07) is 13.0. The lowest BCUT2D eigenvalue weighted by molar-refractivity contribution is -0.118. The minimum Gasteiger partial charge on any atom is -0.370 e. The van der Waals surface area contributed by atoms with Crippen molar-refractivity contribution in [3.8, 4) is 11.1 Å². The fourth-order valence-electron chi connectivity index (χ4n) is 5.04. The van der Waals surface area contributed by atoms with Crippen LogP contribution in [0.5, 0.6) is 0 Å². The van der Waals surface area contributed by atoms with Crippen LogP contribution in [0.3, 0.4) is 0 Å². The van der Waals surface area contributed by atoms with Crippen molar-refractivity contribution < 1.29 is 14.4 Å². The summed E-state index contributed by atoms with van der Waals surface area (Å²) >= 11 is 3.90. The molecule has 1 fully saturated rings. The molecule has 0 saturated heterocycles. The van der Waals surface area contributed by atoms with Gasteiger partial charge in [-0.1, -0.05) is 62.4 Å². The van der Waals surface area contributed by atoms with E-state index in [-0.39, 0.29) is 18.7 Å². The van der Waals surface area contributed by atoms with Crippen LogP contribution in [0.2, 0.25) is 0 Å². The molecule has 3 N–H and O–H groups in total. The highest BCUT2D eigenvalue weighted by Crippen LogP contribution is 2.30. The smallest absolute Gasteiger partial charge is 0.252 e. The summed E-state index contributed by atoms with van der Waals surface area (Å²) in [5.74, 6) is -0.0597. The molecule has 1 atom stereocenters. The number of hydrogen-bond acceptors (Lipinski definition) is 4. The van der Waals surface area contributed by atoms with Crippen LogP contribution in [-0.2, 0) is 16.1 Å². The van der Waals surface area contributed by atoms with Gasteiger partial charge < -0.3 is 16.0 Å². The van der Waals surface area contributed by atoms with E-state index in [1.54, 1.807) is 0 Å². The zero-order valence-electron chi connectivity index (χ0n) is 21.5. The average molecular weight is 510 g/mol. The molecule has 1 aliphatic rings. The summed E-state index contributed by atoms with van der Waals surface area (Å²) in [4.78, 5) is 38.8. The Bertz CT molecular complexity index is 1070. The maximum Gasteiger partial charge on any atom is 0.252 e. The van der Waals surface area contributed by atoms with Gasteiger partial charge in [-0.15, -0.1) is 12.6 Å². The summed E-state index contributed by atoms with van der Waals surface area (Å²) < 4.78 is 0.